The molecule has 1 N–H and O–H groups in total. The molecule has 0 saturated heterocycles. The maximum absolute atomic E-state index is 12.4. The molecule has 0 bridgehead atoms. The zero-order chi connectivity index (χ0) is 18.0. The van der Waals surface area contributed by atoms with Gasteiger partial charge >= 0.3 is 0 Å². The van der Waals surface area contributed by atoms with E-state index in [4.69, 9.17) is 4.74 Å². The van der Waals surface area contributed by atoms with Crippen molar-refractivity contribution in [3.63, 3.8) is 0 Å². The lowest BCUT2D eigenvalue weighted by molar-refractivity contribution is -0.125. The van der Waals surface area contributed by atoms with E-state index < -0.39 is 6.10 Å². The lowest BCUT2D eigenvalue weighted by Crippen LogP contribution is -2.45. The highest BCUT2D eigenvalue weighted by Gasteiger charge is 2.31. The third-order valence-electron chi connectivity index (χ3n) is 4.06. The first kappa shape index (κ1) is 17.0. The van der Waals surface area contributed by atoms with Gasteiger partial charge in [0.25, 0.3) is 5.91 Å². The van der Waals surface area contributed by atoms with Gasteiger partial charge in [0, 0.05) is 25.1 Å². The predicted molar refractivity (Wildman–Crippen MR) is 94.7 cm³/mol. The number of aromatic nitrogens is 2. The molecule has 7 heteroatoms. The Morgan fingerprint density at radius 1 is 1.32 bits per heavy atom. The summed E-state index contributed by atoms with van der Waals surface area (Å²) in [5.41, 5.74) is 0.700. The number of anilines is 2. The number of rotatable bonds is 5. The molecule has 1 atom stereocenters. The molecular weight excluding hydrogens is 320 g/mol. The van der Waals surface area contributed by atoms with Crippen molar-refractivity contribution in [2.45, 2.75) is 39.3 Å². The molecule has 0 spiro atoms. The van der Waals surface area contributed by atoms with Crippen LogP contribution in [0.15, 0.2) is 36.5 Å². The molecule has 1 aliphatic rings. The van der Waals surface area contributed by atoms with E-state index in [0.717, 1.165) is 0 Å². The van der Waals surface area contributed by atoms with E-state index in [1.807, 2.05) is 38.1 Å². The number of ether oxygens (including phenoxy) is 1. The van der Waals surface area contributed by atoms with Crippen molar-refractivity contribution in [2.75, 3.05) is 16.8 Å². The van der Waals surface area contributed by atoms with E-state index in [1.54, 1.807) is 28.8 Å². The van der Waals surface area contributed by atoms with E-state index in [9.17, 15) is 9.59 Å². The first-order valence-corrected chi connectivity index (χ1v) is 8.38. The molecule has 0 aliphatic carbocycles. The summed E-state index contributed by atoms with van der Waals surface area (Å²) in [6.07, 6.45) is 1.29. The molecule has 2 aromatic rings. The molecule has 1 unspecified atom stereocenters. The van der Waals surface area contributed by atoms with E-state index in [0.29, 0.717) is 23.8 Å². The molecule has 0 fully saturated rings. The lowest BCUT2D eigenvalue weighted by Gasteiger charge is -2.32. The number of nitrogens with one attached hydrogen (secondary N) is 1. The average Bonchev–Trinajstić information content (AvgIpc) is 3.03. The van der Waals surface area contributed by atoms with Crippen LogP contribution in [-0.4, -0.2) is 34.2 Å². The first-order chi connectivity index (χ1) is 12.0. The highest BCUT2D eigenvalue weighted by molar-refractivity contribution is 6.00. The summed E-state index contributed by atoms with van der Waals surface area (Å²) in [5, 5.41) is 7.05. The van der Waals surface area contributed by atoms with Gasteiger partial charge in [-0.2, -0.15) is 5.10 Å². The Morgan fingerprint density at radius 3 is 2.84 bits per heavy atom. The van der Waals surface area contributed by atoms with Crippen molar-refractivity contribution >= 4 is 23.3 Å². The van der Waals surface area contributed by atoms with Crippen LogP contribution >= 0.6 is 0 Å². The number of fused-ring (bicyclic) bond motifs is 1. The second-order valence-corrected chi connectivity index (χ2v) is 6.27. The summed E-state index contributed by atoms with van der Waals surface area (Å²) in [5.74, 6) is 1.01. The van der Waals surface area contributed by atoms with Gasteiger partial charge in [-0.25, -0.2) is 4.68 Å². The standard InChI is InChI=1S/C18H22N4O3/c1-12(2)22-16(8-10-19-22)20-17(23)9-11-21-14-6-4-5-7-15(14)25-13(3)18(21)24/h4-8,10,12-13H,9,11H2,1-3H3,(H,20,23). The Morgan fingerprint density at radius 2 is 2.08 bits per heavy atom. The number of hydrogen-bond acceptors (Lipinski definition) is 4. The number of carbonyl (C=O) groups is 2. The van der Waals surface area contributed by atoms with Crippen LogP contribution in [-0.2, 0) is 9.59 Å². The van der Waals surface area contributed by atoms with Crippen LogP contribution < -0.4 is 15.0 Å². The molecule has 132 valence electrons. The normalized spacial score (nSPS) is 16.6. The maximum Gasteiger partial charge on any atom is 0.267 e. The monoisotopic (exact) mass is 342 g/mol. The zero-order valence-electron chi connectivity index (χ0n) is 14.6. The van der Waals surface area contributed by atoms with E-state index in [-0.39, 0.29) is 24.3 Å². The van der Waals surface area contributed by atoms with Gasteiger partial charge in [-0.15, -0.1) is 0 Å². The molecule has 0 radical (unpaired) electrons. The summed E-state index contributed by atoms with van der Waals surface area (Å²) in [6, 6.07) is 9.27. The van der Waals surface area contributed by atoms with Gasteiger partial charge in [-0.05, 0) is 32.9 Å². The van der Waals surface area contributed by atoms with Crippen LogP contribution in [0, 0.1) is 0 Å². The second-order valence-electron chi connectivity index (χ2n) is 6.27. The number of benzene rings is 1. The maximum atomic E-state index is 12.4. The molecule has 3 rings (SSSR count). The Labute approximate surface area is 146 Å². The first-order valence-electron chi connectivity index (χ1n) is 8.38. The number of amides is 2. The van der Waals surface area contributed by atoms with Gasteiger partial charge in [-0.1, -0.05) is 12.1 Å². The molecule has 0 saturated carbocycles. The van der Waals surface area contributed by atoms with Crippen LogP contribution in [0.25, 0.3) is 0 Å². The fourth-order valence-corrected chi connectivity index (χ4v) is 2.83. The molecule has 1 aliphatic heterocycles. The molecule has 1 aromatic heterocycles. The average molecular weight is 342 g/mol. The van der Waals surface area contributed by atoms with Gasteiger partial charge in [0.1, 0.15) is 11.6 Å². The Balaban J connectivity index is 1.67. The van der Waals surface area contributed by atoms with Crippen molar-refractivity contribution in [2.24, 2.45) is 0 Å². The number of carbonyl (C=O) groups excluding carboxylic acids is 2. The SMILES string of the molecule is CC1Oc2ccccc2N(CCC(=O)Nc2ccnn2C(C)C)C1=O. The van der Waals surface area contributed by atoms with E-state index in [2.05, 4.69) is 10.4 Å². The molecule has 2 heterocycles. The van der Waals surface area contributed by atoms with Gasteiger partial charge in [-0.3, -0.25) is 9.59 Å². The fraction of sp³-hybridized carbons (Fsp3) is 0.389. The summed E-state index contributed by atoms with van der Waals surface area (Å²) < 4.78 is 7.35. The minimum Gasteiger partial charge on any atom is -0.479 e. The van der Waals surface area contributed by atoms with Crippen molar-refractivity contribution in [1.29, 1.82) is 0 Å². The lowest BCUT2D eigenvalue weighted by atomic mass is 10.1. The minimum atomic E-state index is -0.555. The van der Waals surface area contributed by atoms with Crippen LogP contribution in [0.3, 0.4) is 0 Å². The molecule has 7 nitrogen and oxygen atoms in total. The molecule has 2 amide bonds. The Kier molecular flexibility index (Phi) is 4.74. The highest BCUT2D eigenvalue weighted by Crippen LogP contribution is 2.33. The van der Waals surface area contributed by atoms with Crippen LogP contribution in [0.1, 0.15) is 33.2 Å². The smallest absolute Gasteiger partial charge is 0.267 e. The number of nitrogens with zero attached hydrogens (tertiary/aromatic N) is 3. The molecular formula is C18H22N4O3. The van der Waals surface area contributed by atoms with Gasteiger partial charge < -0.3 is 15.0 Å². The molecule has 25 heavy (non-hydrogen) atoms. The van der Waals surface area contributed by atoms with Crippen LogP contribution in [0.5, 0.6) is 5.75 Å². The van der Waals surface area contributed by atoms with Gasteiger partial charge in [0.05, 0.1) is 11.9 Å². The fourth-order valence-electron chi connectivity index (χ4n) is 2.83. The Hall–Kier alpha value is -2.83. The van der Waals surface area contributed by atoms with E-state index in [1.165, 1.54) is 0 Å². The topological polar surface area (TPSA) is 76.5 Å². The third kappa shape index (κ3) is 3.50. The van der Waals surface area contributed by atoms with Crippen LogP contribution in [0.4, 0.5) is 11.5 Å². The van der Waals surface area contributed by atoms with Crippen LogP contribution in [0.2, 0.25) is 0 Å². The second kappa shape index (κ2) is 6.96. The van der Waals surface area contributed by atoms with Gasteiger partial charge in [0.2, 0.25) is 5.91 Å². The van der Waals surface area contributed by atoms with E-state index >= 15 is 0 Å². The Bertz CT molecular complexity index is 784. The summed E-state index contributed by atoms with van der Waals surface area (Å²) in [4.78, 5) is 26.3. The quantitative estimate of drug-likeness (QED) is 0.906. The third-order valence-corrected chi connectivity index (χ3v) is 4.06. The number of para-hydroxylation sites is 2. The highest BCUT2D eigenvalue weighted by atomic mass is 16.5. The minimum absolute atomic E-state index is 0.140. The van der Waals surface area contributed by atoms with Crippen molar-refractivity contribution in [3.8, 4) is 5.75 Å². The van der Waals surface area contributed by atoms with Crippen molar-refractivity contribution < 1.29 is 14.3 Å². The summed E-state index contributed by atoms with van der Waals surface area (Å²) in [6.45, 7) is 6.00. The number of hydrogen-bond donors (Lipinski definition) is 1. The summed E-state index contributed by atoms with van der Waals surface area (Å²) in [7, 11) is 0. The molecule has 1 aromatic carbocycles. The predicted octanol–water partition coefficient (Wildman–Crippen LogP) is 2.61. The van der Waals surface area contributed by atoms with Crippen molar-refractivity contribution in [3.05, 3.63) is 36.5 Å². The largest absolute Gasteiger partial charge is 0.479 e. The van der Waals surface area contributed by atoms with Gasteiger partial charge in [0.15, 0.2) is 6.10 Å². The van der Waals surface area contributed by atoms with Crippen molar-refractivity contribution in [1.82, 2.24) is 9.78 Å². The summed E-state index contributed by atoms with van der Waals surface area (Å²) >= 11 is 0. The zero-order valence-corrected chi connectivity index (χ0v) is 14.6.